The molecule has 22 heavy (non-hydrogen) atoms. The van der Waals surface area contributed by atoms with E-state index in [0.717, 1.165) is 33.5 Å². The van der Waals surface area contributed by atoms with Crippen LogP contribution in [0.25, 0.3) is 0 Å². The molecule has 0 aromatic heterocycles. The third kappa shape index (κ3) is 3.15. The van der Waals surface area contributed by atoms with Gasteiger partial charge in [-0.05, 0) is 64.3 Å². The van der Waals surface area contributed by atoms with Gasteiger partial charge in [-0.25, -0.2) is 0 Å². The van der Waals surface area contributed by atoms with E-state index in [0.29, 0.717) is 0 Å². The van der Waals surface area contributed by atoms with Crippen LogP contribution in [0.3, 0.4) is 0 Å². The molecule has 0 aliphatic carbocycles. The molecular weight excluding hydrogens is 340 g/mol. The van der Waals surface area contributed by atoms with Crippen molar-refractivity contribution in [3.8, 4) is 12.3 Å². The number of nitrogens with one attached hydrogen (secondary N) is 1. The van der Waals surface area contributed by atoms with Crippen molar-refractivity contribution >= 4 is 31.9 Å². The Hall–Kier alpha value is -2.25. The fourth-order valence-electron chi connectivity index (χ4n) is 2.31. The second kappa shape index (κ2) is 6.25. The molecule has 0 spiro atoms. The summed E-state index contributed by atoms with van der Waals surface area (Å²) in [5, 5.41) is 7.37. The maximum absolute atomic E-state index is 5.42. The molecule has 1 unspecified atom stereocenters. The standard InChI is InChI=1S/C18H15BrN2O/c1-3-13-5-8-15(9-6-13)20-16-10-14(7-4-12(16)2)17-11-18(19)21-22-17/h1,4-10,17,20H,11H2,2H3. The molecule has 0 bridgehead atoms. The van der Waals surface area contributed by atoms with E-state index in [1.165, 1.54) is 5.56 Å². The number of rotatable bonds is 3. The number of nitrogens with zero attached hydrogens (tertiary/aromatic N) is 1. The monoisotopic (exact) mass is 354 g/mol. The van der Waals surface area contributed by atoms with Gasteiger partial charge in [-0.3, -0.25) is 0 Å². The molecular formula is C18H15BrN2O. The summed E-state index contributed by atoms with van der Waals surface area (Å²) in [7, 11) is 0. The van der Waals surface area contributed by atoms with Crippen LogP contribution in [-0.2, 0) is 4.84 Å². The lowest BCUT2D eigenvalue weighted by atomic mass is 10.0. The second-order valence-electron chi connectivity index (χ2n) is 5.19. The zero-order valence-corrected chi connectivity index (χ0v) is 13.7. The van der Waals surface area contributed by atoms with Crippen molar-refractivity contribution in [1.29, 1.82) is 0 Å². The minimum atomic E-state index is -0.0284. The molecule has 110 valence electrons. The third-order valence-corrected chi connectivity index (χ3v) is 4.07. The van der Waals surface area contributed by atoms with Crippen LogP contribution in [0, 0.1) is 19.3 Å². The molecule has 4 heteroatoms. The van der Waals surface area contributed by atoms with E-state index in [-0.39, 0.29) is 6.10 Å². The van der Waals surface area contributed by atoms with E-state index in [1.807, 2.05) is 24.3 Å². The third-order valence-electron chi connectivity index (χ3n) is 3.60. The van der Waals surface area contributed by atoms with Gasteiger partial charge in [0.25, 0.3) is 0 Å². The maximum atomic E-state index is 5.42. The number of terminal acetylenes is 1. The van der Waals surface area contributed by atoms with Crippen molar-refractivity contribution < 1.29 is 4.84 Å². The van der Waals surface area contributed by atoms with Gasteiger partial charge in [-0.15, -0.1) is 6.42 Å². The number of hydrogen-bond acceptors (Lipinski definition) is 3. The lowest BCUT2D eigenvalue weighted by Gasteiger charge is -2.14. The molecule has 0 saturated carbocycles. The zero-order valence-electron chi connectivity index (χ0n) is 12.1. The van der Waals surface area contributed by atoms with Crippen LogP contribution in [0.15, 0.2) is 47.6 Å². The molecule has 0 fully saturated rings. The molecule has 3 nitrogen and oxygen atoms in total. The van der Waals surface area contributed by atoms with Crippen LogP contribution in [-0.4, -0.2) is 4.62 Å². The van der Waals surface area contributed by atoms with Crippen molar-refractivity contribution in [1.82, 2.24) is 0 Å². The molecule has 2 aromatic carbocycles. The minimum Gasteiger partial charge on any atom is -0.386 e. The van der Waals surface area contributed by atoms with Gasteiger partial charge in [0.05, 0.1) is 0 Å². The van der Waals surface area contributed by atoms with Gasteiger partial charge in [-0.2, -0.15) is 0 Å². The minimum absolute atomic E-state index is 0.0284. The van der Waals surface area contributed by atoms with E-state index >= 15 is 0 Å². The Balaban J connectivity index is 1.82. The Labute approximate surface area is 138 Å². The Kier molecular flexibility index (Phi) is 4.17. The summed E-state index contributed by atoms with van der Waals surface area (Å²) in [6.07, 6.45) is 6.11. The van der Waals surface area contributed by atoms with Gasteiger partial charge in [0.15, 0.2) is 6.10 Å². The molecule has 3 rings (SSSR count). The first-order chi connectivity index (χ1) is 10.7. The molecule has 1 aliphatic rings. The highest BCUT2D eigenvalue weighted by atomic mass is 79.9. The lowest BCUT2D eigenvalue weighted by Crippen LogP contribution is -2.00. The fourth-order valence-corrected chi connectivity index (χ4v) is 2.68. The molecule has 1 heterocycles. The molecule has 2 aromatic rings. The van der Waals surface area contributed by atoms with Gasteiger partial charge >= 0.3 is 0 Å². The zero-order chi connectivity index (χ0) is 15.5. The summed E-state index contributed by atoms with van der Waals surface area (Å²) in [6, 6.07) is 14.1. The number of halogens is 1. The number of oxime groups is 1. The van der Waals surface area contributed by atoms with Gasteiger partial charge in [0.1, 0.15) is 4.62 Å². The largest absolute Gasteiger partial charge is 0.386 e. The van der Waals surface area contributed by atoms with Crippen LogP contribution in [0.4, 0.5) is 11.4 Å². The van der Waals surface area contributed by atoms with E-state index in [1.54, 1.807) is 0 Å². The molecule has 1 atom stereocenters. The highest BCUT2D eigenvalue weighted by Gasteiger charge is 2.21. The Bertz CT molecular complexity index is 760. The molecule has 1 N–H and O–H groups in total. The van der Waals surface area contributed by atoms with Crippen molar-refractivity contribution in [3.05, 3.63) is 59.2 Å². The van der Waals surface area contributed by atoms with Crippen molar-refractivity contribution in [2.45, 2.75) is 19.4 Å². The Morgan fingerprint density at radius 2 is 2.05 bits per heavy atom. The maximum Gasteiger partial charge on any atom is 0.158 e. The Morgan fingerprint density at radius 3 is 2.68 bits per heavy atom. The van der Waals surface area contributed by atoms with Gasteiger partial charge < -0.3 is 10.2 Å². The summed E-state index contributed by atoms with van der Waals surface area (Å²) in [5.74, 6) is 2.62. The van der Waals surface area contributed by atoms with Crippen LogP contribution in [0.5, 0.6) is 0 Å². The van der Waals surface area contributed by atoms with E-state index < -0.39 is 0 Å². The highest BCUT2D eigenvalue weighted by molar-refractivity contribution is 9.18. The van der Waals surface area contributed by atoms with Crippen LogP contribution < -0.4 is 5.32 Å². The van der Waals surface area contributed by atoms with E-state index in [2.05, 4.69) is 57.4 Å². The van der Waals surface area contributed by atoms with E-state index in [9.17, 15) is 0 Å². The number of aryl methyl sites for hydroxylation is 1. The van der Waals surface area contributed by atoms with Crippen molar-refractivity contribution in [2.75, 3.05) is 5.32 Å². The molecule has 0 radical (unpaired) electrons. The van der Waals surface area contributed by atoms with Gasteiger partial charge in [0, 0.05) is 23.4 Å². The first-order valence-electron chi connectivity index (χ1n) is 6.98. The van der Waals surface area contributed by atoms with Crippen LogP contribution >= 0.6 is 15.9 Å². The Morgan fingerprint density at radius 1 is 1.27 bits per heavy atom. The second-order valence-corrected chi connectivity index (χ2v) is 6.10. The number of anilines is 2. The van der Waals surface area contributed by atoms with Crippen LogP contribution in [0.2, 0.25) is 0 Å². The smallest absolute Gasteiger partial charge is 0.158 e. The van der Waals surface area contributed by atoms with Crippen molar-refractivity contribution in [3.63, 3.8) is 0 Å². The van der Waals surface area contributed by atoms with E-state index in [4.69, 9.17) is 11.3 Å². The van der Waals surface area contributed by atoms with Gasteiger partial charge in [0.2, 0.25) is 0 Å². The average Bonchev–Trinajstić information content (AvgIpc) is 2.97. The highest BCUT2D eigenvalue weighted by Crippen LogP contribution is 2.32. The molecule has 1 aliphatic heterocycles. The first-order valence-corrected chi connectivity index (χ1v) is 7.77. The number of benzene rings is 2. The molecule has 0 amide bonds. The summed E-state index contributed by atoms with van der Waals surface area (Å²) in [4.78, 5) is 5.42. The number of hydrogen-bond donors (Lipinski definition) is 1. The normalized spacial score (nSPS) is 16.6. The topological polar surface area (TPSA) is 33.6 Å². The summed E-state index contributed by atoms with van der Waals surface area (Å²) in [6.45, 7) is 2.07. The van der Waals surface area contributed by atoms with Gasteiger partial charge in [-0.1, -0.05) is 23.2 Å². The first kappa shape index (κ1) is 14.7. The van der Waals surface area contributed by atoms with Crippen molar-refractivity contribution in [2.24, 2.45) is 5.16 Å². The van der Waals surface area contributed by atoms with Crippen LogP contribution in [0.1, 0.15) is 29.2 Å². The lowest BCUT2D eigenvalue weighted by molar-refractivity contribution is 0.0858. The summed E-state index contributed by atoms with van der Waals surface area (Å²) < 4.78 is 0.845. The summed E-state index contributed by atoms with van der Waals surface area (Å²) >= 11 is 3.37. The predicted octanol–water partition coefficient (Wildman–Crippen LogP) is 4.89. The SMILES string of the molecule is C#Cc1ccc(Nc2cc(C3CC(Br)=NO3)ccc2C)cc1. The predicted molar refractivity (Wildman–Crippen MR) is 93.6 cm³/mol. The average molecular weight is 355 g/mol. The summed E-state index contributed by atoms with van der Waals surface area (Å²) in [5.41, 5.74) is 5.20. The quantitative estimate of drug-likeness (QED) is 0.796. The molecule has 0 saturated heterocycles. The fraction of sp³-hybridized carbons (Fsp3) is 0.167.